The molecule has 1 fully saturated rings. The van der Waals surface area contributed by atoms with E-state index in [9.17, 15) is 4.79 Å². The van der Waals surface area contributed by atoms with Crippen molar-refractivity contribution in [3.63, 3.8) is 0 Å². The van der Waals surface area contributed by atoms with Crippen molar-refractivity contribution in [3.05, 3.63) is 23.6 Å². The fourth-order valence-corrected chi connectivity index (χ4v) is 3.41. The van der Waals surface area contributed by atoms with E-state index < -0.39 is 0 Å². The quantitative estimate of drug-likeness (QED) is 0.794. The number of carbonyl (C=O) groups is 1. The summed E-state index contributed by atoms with van der Waals surface area (Å²) in [6.45, 7) is 3.43. The van der Waals surface area contributed by atoms with Crippen molar-refractivity contribution in [3.8, 4) is 6.07 Å². The molecule has 2 aromatic rings. The minimum absolute atomic E-state index is 0.0774. The first kappa shape index (κ1) is 16.5. The number of carbonyl (C=O) groups excluding carboxylic acids is 1. The van der Waals surface area contributed by atoms with Crippen molar-refractivity contribution in [2.75, 3.05) is 25.0 Å². The fourth-order valence-electron chi connectivity index (χ4n) is 3.24. The topological polar surface area (TPSA) is 77.5 Å². The highest BCUT2D eigenvalue weighted by Crippen LogP contribution is 2.26. The molecule has 1 amide bonds. The first-order valence-electron chi connectivity index (χ1n) is 7.88. The van der Waals surface area contributed by atoms with E-state index >= 15 is 0 Å². The van der Waals surface area contributed by atoms with E-state index in [-0.39, 0.29) is 18.4 Å². The third-order valence-corrected chi connectivity index (χ3v) is 4.85. The van der Waals surface area contributed by atoms with E-state index in [0.717, 1.165) is 12.1 Å². The lowest BCUT2D eigenvalue weighted by molar-refractivity contribution is -0.131. The molecule has 24 heavy (non-hydrogen) atoms. The van der Waals surface area contributed by atoms with Gasteiger partial charge < -0.3 is 9.80 Å². The maximum absolute atomic E-state index is 12.1. The van der Waals surface area contributed by atoms with Gasteiger partial charge in [0, 0.05) is 38.6 Å². The molecule has 0 radical (unpaired) electrons. The lowest BCUT2D eigenvalue weighted by Crippen LogP contribution is -2.53. The zero-order valence-electron chi connectivity index (χ0n) is 13.7. The van der Waals surface area contributed by atoms with Crippen LogP contribution in [0.25, 0.3) is 5.65 Å². The highest BCUT2D eigenvalue weighted by atomic mass is 35.5. The van der Waals surface area contributed by atoms with Crippen LogP contribution in [-0.2, 0) is 4.79 Å². The van der Waals surface area contributed by atoms with Gasteiger partial charge in [-0.1, -0.05) is 18.5 Å². The fraction of sp³-hybridized carbons (Fsp3) is 0.500. The number of amides is 1. The second kappa shape index (κ2) is 6.65. The molecule has 3 heterocycles. The Labute approximate surface area is 145 Å². The third kappa shape index (κ3) is 3.02. The van der Waals surface area contributed by atoms with Gasteiger partial charge in [-0.15, -0.1) is 0 Å². The van der Waals surface area contributed by atoms with Crippen LogP contribution < -0.4 is 4.90 Å². The van der Waals surface area contributed by atoms with Gasteiger partial charge in [-0.25, -0.2) is 9.97 Å². The second-order valence-electron chi connectivity index (χ2n) is 6.15. The summed E-state index contributed by atoms with van der Waals surface area (Å²) in [4.78, 5) is 24.6. The Balaban J connectivity index is 1.89. The number of nitrogens with zero attached hydrogens (tertiary/aromatic N) is 6. The summed E-state index contributed by atoms with van der Waals surface area (Å²) < 4.78 is 1.88. The van der Waals surface area contributed by atoms with Crippen LogP contribution in [0.3, 0.4) is 0 Å². The van der Waals surface area contributed by atoms with E-state index in [0.29, 0.717) is 30.1 Å². The van der Waals surface area contributed by atoms with Crippen LogP contribution in [0, 0.1) is 17.2 Å². The molecule has 3 rings (SSSR count). The minimum Gasteiger partial charge on any atom is -0.340 e. The van der Waals surface area contributed by atoms with Gasteiger partial charge in [0.05, 0.1) is 12.1 Å². The number of likely N-dealkylation sites (N-methyl/N-ethyl adjacent to an activating group) is 1. The Morgan fingerprint density at radius 2 is 2.38 bits per heavy atom. The second-order valence-corrected chi connectivity index (χ2v) is 6.54. The summed E-state index contributed by atoms with van der Waals surface area (Å²) in [6.07, 6.45) is 4.36. The molecule has 7 nitrogen and oxygen atoms in total. The molecule has 0 saturated carbocycles. The van der Waals surface area contributed by atoms with E-state index in [1.54, 1.807) is 17.2 Å². The van der Waals surface area contributed by atoms with Gasteiger partial charge in [-0.05, 0) is 12.3 Å². The molecule has 0 spiro atoms. The van der Waals surface area contributed by atoms with Crippen molar-refractivity contribution in [1.82, 2.24) is 19.3 Å². The van der Waals surface area contributed by atoms with Gasteiger partial charge in [-0.2, -0.15) is 5.26 Å². The molecule has 0 N–H and O–H groups in total. The lowest BCUT2D eigenvalue weighted by atomic mass is 9.92. The molecule has 1 saturated heterocycles. The monoisotopic (exact) mass is 346 g/mol. The zero-order valence-corrected chi connectivity index (χ0v) is 14.4. The van der Waals surface area contributed by atoms with E-state index in [1.165, 1.54) is 0 Å². The van der Waals surface area contributed by atoms with Gasteiger partial charge >= 0.3 is 0 Å². The molecule has 126 valence electrons. The molecular formula is C16H19ClN6O. The van der Waals surface area contributed by atoms with Gasteiger partial charge in [0.15, 0.2) is 0 Å². The molecule has 8 heteroatoms. The molecule has 1 aliphatic heterocycles. The van der Waals surface area contributed by atoms with Crippen molar-refractivity contribution in [2.24, 2.45) is 5.92 Å². The predicted molar refractivity (Wildman–Crippen MR) is 90.8 cm³/mol. The van der Waals surface area contributed by atoms with Gasteiger partial charge in [-0.3, -0.25) is 9.20 Å². The van der Waals surface area contributed by atoms with Crippen LogP contribution >= 0.6 is 11.6 Å². The molecule has 0 bridgehead atoms. The lowest BCUT2D eigenvalue weighted by Gasteiger charge is -2.41. The van der Waals surface area contributed by atoms with Crippen LogP contribution in [-0.4, -0.2) is 51.4 Å². The van der Waals surface area contributed by atoms with Crippen LogP contribution in [0.1, 0.15) is 19.8 Å². The number of fused-ring (bicyclic) bond motifs is 1. The molecule has 1 aliphatic rings. The number of halogens is 1. The van der Waals surface area contributed by atoms with E-state index in [2.05, 4.69) is 21.8 Å². The maximum atomic E-state index is 12.1. The SMILES string of the molecule is C[C@@H]1CCN(C(=O)CC#N)C[C@@H]1N(C)c1nc(Cl)cc2nccn12. The van der Waals surface area contributed by atoms with Crippen LogP contribution in [0.4, 0.5) is 5.95 Å². The summed E-state index contributed by atoms with van der Waals surface area (Å²) >= 11 is 6.13. The third-order valence-electron chi connectivity index (χ3n) is 4.65. The summed E-state index contributed by atoms with van der Waals surface area (Å²) in [5.41, 5.74) is 0.734. The number of hydrogen-bond acceptors (Lipinski definition) is 5. The Kier molecular flexibility index (Phi) is 4.58. The first-order valence-corrected chi connectivity index (χ1v) is 8.26. The number of aromatic nitrogens is 3. The van der Waals surface area contributed by atoms with Crippen LogP contribution in [0.2, 0.25) is 5.15 Å². The summed E-state index contributed by atoms with van der Waals surface area (Å²) in [7, 11) is 1.96. The number of likely N-dealkylation sites (tertiary alicyclic amines) is 1. The highest BCUT2D eigenvalue weighted by molar-refractivity contribution is 6.29. The average Bonchev–Trinajstić information content (AvgIpc) is 3.02. The molecule has 0 unspecified atom stereocenters. The zero-order chi connectivity index (χ0) is 17.3. The van der Waals surface area contributed by atoms with Gasteiger partial charge in [0.1, 0.15) is 17.2 Å². The number of imidazole rings is 1. The summed E-state index contributed by atoms with van der Waals surface area (Å²) in [5.74, 6) is 0.969. The number of anilines is 1. The molecule has 2 atom stereocenters. The Morgan fingerprint density at radius 3 is 3.12 bits per heavy atom. The molecular weight excluding hydrogens is 328 g/mol. The van der Waals surface area contributed by atoms with Crippen LogP contribution in [0.5, 0.6) is 0 Å². The smallest absolute Gasteiger partial charge is 0.236 e. The van der Waals surface area contributed by atoms with Crippen molar-refractivity contribution in [2.45, 2.75) is 25.8 Å². The number of rotatable bonds is 3. The minimum atomic E-state index is -0.116. The number of piperidine rings is 1. The highest BCUT2D eigenvalue weighted by Gasteiger charge is 2.32. The number of hydrogen-bond donors (Lipinski definition) is 0. The summed E-state index contributed by atoms with van der Waals surface area (Å²) in [5, 5.41) is 9.14. The Morgan fingerprint density at radius 1 is 1.58 bits per heavy atom. The van der Waals surface area contributed by atoms with Crippen molar-refractivity contribution < 1.29 is 4.79 Å². The number of nitriles is 1. The Hall–Kier alpha value is -2.33. The van der Waals surface area contributed by atoms with E-state index in [1.807, 2.05) is 23.7 Å². The van der Waals surface area contributed by atoms with Crippen molar-refractivity contribution in [1.29, 1.82) is 5.26 Å². The standard InChI is InChI=1S/C16H19ClN6O/c1-11-4-7-22(15(24)3-5-18)10-12(11)21(2)16-20-13(17)9-14-19-6-8-23(14)16/h6,8-9,11-12H,3-4,7,10H2,1-2H3/t11-,12+/m1/s1. The Bertz CT molecular complexity index is 797. The first-order chi connectivity index (χ1) is 11.5. The largest absolute Gasteiger partial charge is 0.340 e. The van der Waals surface area contributed by atoms with Crippen LogP contribution in [0.15, 0.2) is 18.5 Å². The normalized spacial score (nSPS) is 20.8. The molecule has 0 aliphatic carbocycles. The van der Waals surface area contributed by atoms with Gasteiger partial charge in [0.25, 0.3) is 0 Å². The molecule has 0 aromatic carbocycles. The average molecular weight is 347 g/mol. The summed E-state index contributed by atoms with van der Waals surface area (Å²) in [6, 6.07) is 3.74. The van der Waals surface area contributed by atoms with Crippen molar-refractivity contribution >= 4 is 29.1 Å². The predicted octanol–water partition coefficient (Wildman–Crippen LogP) is 1.97. The maximum Gasteiger partial charge on any atom is 0.236 e. The molecule has 2 aromatic heterocycles. The van der Waals surface area contributed by atoms with Gasteiger partial charge in [0.2, 0.25) is 11.9 Å². The van der Waals surface area contributed by atoms with E-state index in [4.69, 9.17) is 16.9 Å².